The van der Waals surface area contributed by atoms with Crippen molar-refractivity contribution in [2.75, 3.05) is 0 Å². The van der Waals surface area contributed by atoms with Crippen LogP contribution < -0.4 is 11.0 Å². The highest BCUT2D eigenvalue weighted by molar-refractivity contribution is 7.20. The number of thiazole rings is 1. The Bertz CT molecular complexity index is 1480. The smallest absolute Gasteiger partial charge is 0.286 e. The Hall–Kier alpha value is -3.16. The number of H-pyrrole nitrogens is 2. The maximum absolute atomic E-state index is 13.2. The first-order valence-corrected chi connectivity index (χ1v) is 10.2. The fraction of sp³-hybridized carbons (Fsp3) is 0.0952. The number of fused-ring (bicyclic) bond motifs is 2. The van der Waals surface area contributed by atoms with Gasteiger partial charge in [0.1, 0.15) is 11.0 Å². The van der Waals surface area contributed by atoms with E-state index >= 15 is 0 Å². The van der Waals surface area contributed by atoms with Crippen LogP contribution in [0.25, 0.3) is 26.4 Å². The number of rotatable bonds is 3. The van der Waals surface area contributed by atoms with Gasteiger partial charge in [-0.25, -0.2) is 4.98 Å². The summed E-state index contributed by atoms with van der Waals surface area (Å²) in [4.78, 5) is 33.9. The molecule has 3 aromatic heterocycles. The Kier molecular flexibility index (Phi) is 4.15. The molecule has 6 nitrogen and oxygen atoms in total. The summed E-state index contributed by atoms with van der Waals surface area (Å²) in [5.41, 5.74) is 2.54. The molecule has 2 N–H and O–H groups in total. The Labute approximate surface area is 173 Å². The molecule has 0 aliphatic carbocycles. The largest absolute Gasteiger partial charge is 0.343 e. The van der Waals surface area contributed by atoms with Gasteiger partial charge in [-0.3, -0.25) is 14.7 Å². The van der Waals surface area contributed by atoms with Crippen molar-refractivity contribution in [1.82, 2.24) is 19.7 Å². The maximum Gasteiger partial charge on any atom is 0.286 e. The SMILES string of the molecule is Cc1[nH]c2[nH]n(-c3nc4ccccc4s3)c(=O)c2c(=O)c1Cc1ccccc1Cl. The fourth-order valence-corrected chi connectivity index (χ4v) is 4.59. The minimum Gasteiger partial charge on any atom is -0.343 e. The van der Waals surface area contributed by atoms with E-state index in [-0.39, 0.29) is 10.8 Å². The molecule has 0 spiro atoms. The summed E-state index contributed by atoms with van der Waals surface area (Å²) in [7, 11) is 0. The number of benzene rings is 2. The first-order chi connectivity index (χ1) is 14.0. The number of halogens is 1. The molecule has 0 saturated heterocycles. The number of aryl methyl sites for hydroxylation is 1. The molecule has 29 heavy (non-hydrogen) atoms. The summed E-state index contributed by atoms with van der Waals surface area (Å²) in [5, 5.41) is 4.17. The molecular formula is C21H15ClN4O2S. The van der Waals surface area contributed by atoms with Crippen molar-refractivity contribution in [3.8, 4) is 5.13 Å². The second kappa shape index (κ2) is 6.72. The van der Waals surface area contributed by atoms with Gasteiger partial charge in [0, 0.05) is 22.7 Å². The Morgan fingerprint density at radius 3 is 2.66 bits per heavy atom. The molecule has 0 saturated carbocycles. The number of aromatic amines is 2. The van der Waals surface area contributed by atoms with E-state index in [1.165, 1.54) is 16.0 Å². The number of nitrogens with one attached hydrogen (secondary N) is 2. The zero-order valence-electron chi connectivity index (χ0n) is 15.3. The summed E-state index contributed by atoms with van der Waals surface area (Å²) < 4.78 is 2.29. The molecule has 0 aliphatic heterocycles. The lowest BCUT2D eigenvalue weighted by Crippen LogP contribution is -2.21. The standard InChI is InChI=1S/C21H15ClN4O2S/c1-11-13(10-12-6-2-3-7-14(12)22)18(27)17-19(23-11)25-26(20(17)28)21-24-15-8-4-5-9-16(15)29-21/h2-9H,10H2,1H3,(H2,23,25,27). The lowest BCUT2D eigenvalue weighted by molar-refractivity contribution is 0.850. The Morgan fingerprint density at radius 1 is 1.10 bits per heavy atom. The third kappa shape index (κ3) is 2.90. The summed E-state index contributed by atoms with van der Waals surface area (Å²) >= 11 is 7.65. The van der Waals surface area contributed by atoms with Gasteiger partial charge in [0.2, 0.25) is 5.13 Å². The molecule has 2 aromatic carbocycles. The third-order valence-electron chi connectivity index (χ3n) is 4.96. The van der Waals surface area contributed by atoms with Crippen LogP contribution in [-0.2, 0) is 6.42 Å². The minimum absolute atomic E-state index is 0.0944. The average molecular weight is 423 g/mol. The number of pyridine rings is 1. The van der Waals surface area contributed by atoms with E-state index in [1.807, 2.05) is 49.4 Å². The number of hydrogen-bond donors (Lipinski definition) is 2. The predicted octanol–water partition coefficient (Wildman–Crippen LogP) is 4.17. The fourth-order valence-electron chi connectivity index (χ4n) is 3.46. The van der Waals surface area contributed by atoms with Gasteiger partial charge in [-0.15, -0.1) is 0 Å². The number of aromatic nitrogens is 4. The summed E-state index contributed by atoms with van der Waals surface area (Å²) in [6.45, 7) is 1.82. The molecule has 0 radical (unpaired) electrons. The minimum atomic E-state index is -0.416. The molecule has 144 valence electrons. The Balaban J connectivity index is 1.70. The molecule has 5 aromatic rings. The average Bonchev–Trinajstić information content (AvgIpc) is 3.27. The van der Waals surface area contributed by atoms with Crippen LogP contribution in [0.5, 0.6) is 0 Å². The number of hydrogen-bond acceptors (Lipinski definition) is 4. The van der Waals surface area contributed by atoms with E-state index in [9.17, 15) is 9.59 Å². The normalized spacial score (nSPS) is 11.5. The van der Waals surface area contributed by atoms with Crippen LogP contribution in [0, 0.1) is 6.92 Å². The van der Waals surface area contributed by atoms with Gasteiger partial charge in [-0.1, -0.05) is 53.3 Å². The van der Waals surface area contributed by atoms with Gasteiger partial charge in [-0.2, -0.15) is 4.68 Å². The monoisotopic (exact) mass is 422 g/mol. The van der Waals surface area contributed by atoms with Crippen molar-refractivity contribution in [2.24, 2.45) is 0 Å². The van der Waals surface area contributed by atoms with E-state index in [4.69, 9.17) is 11.6 Å². The molecule has 0 fully saturated rings. The molecule has 0 bridgehead atoms. The molecule has 5 rings (SSSR count). The van der Waals surface area contributed by atoms with Crippen molar-refractivity contribution < 1.29 is 0 Å². The van der Waals surface area contributed by atoms with Crippen molar-refractivity contribution in [2.45, 2.75) is 13.3 Å². The molecular weight excluding hydrogens is 408 g/mol. The van der Waals surface area contributed by atoms with Crippen molar-refractivity contribution in [1.29, 1.82) is 0 Å². The quantitative estimate of drug-likeness (QED) is 0.457. The van der Waals surface area contributed by atoms with E-state index in [2.05, 4.69) is 15.1 Å². The molecule has 3 heterocycles. The third-order valence-corrected chi connectivity index (χ3v) is 6.35. The lowest BCUT2D eigenvalue weighted by atomic mass is 10.0. The van der Waals surface area contributed by atoms with Gasteiger partial charge < -0.3 is 4.98 Å². The van der Waals surface area contributed by atoms with Crippen LogP contribution in [0.2, 0.25) is 5.02 Å². The van der Waals surface area contributed by atoms with E-state index in [1.54, 1.807) is 6.07 Å². The van der Waals surface area contributed by atoms with Crippen LogP contribution in [0.15, 0.2) is 58.1 Å². The van der Waals surface area contributed by atoms with Gasteiger partial charge in [0.25, 0.3) is 5.56 Å². The van der Waals surface area contributed by atoms with Crippen LogP contribution in [-0.4, -0.2) is 19.7 Å². The number of nitrogens with zero attached hydrogens (tertiary/aromatic N) is 2. The van der Waals surface area contributed by atoms with Crippen molar-refractivity contribution >= 4 is 44.2 Å². The van der Waals surface area contributed by atoms with E-state index in [0.29, 0.717) is 33.5 Å². The molecule has 0 aliphatic rings. The van der Waals surface area contributed by atoms with Gasteiger partial charge >= 0.3 is 0 Å². The highest BCUT2D eigenvalue weighted by Gasteiger charge is 2.19. The summed E-state index contributed by atoms with van der Waals surface area (Å²) in [6.07, 6.45) is 0.350. The van der Waals surface area contributed by atoms with Crippen molar-refractivity contribution in [3.63, 3.8) is 0 Å². The van der Waals surface area contributed by atoms with Crippen LogP contribution in [0.3, 0.4) is 0 Å². The van der Waals surface area contributed by atoms with E-state index in [0.717, 1.165) is 15.8 Å². The lowest BCUT2D eigenvalue weighted by Gasteiger charge is -2.07. The predicted molar refractivity (Wildman–Crippen MR) is 117 cm³/mol. The van der Waals surface area contributed by atoms with Crippen LogP contribution >= 0.6 is 22.9 Å². The van der Waals surface area contributed by atoms with E-state index < -0.39 is 5.56 Å². The highest BCUT2D eigenvalue weighted by atomic mass is 35.5. The maximum atomic E-state index is 13.2. The highest BCUT2D eigenvalue weighted by Crippen LogP contribution is 2.24. The molecule has 8 heteroatoms. The zero-order valence-corrected chi connectivity index (χ0v) is 16.9. The van der Waals surface area contributed by atoms with Crippen LogP contribution in [0.1, 0.15) is 16.8 Å². The summed E-state index contributed by atoms with van der Waals surface area (Å²) in [6, 6.07) is 15.0. The van der Waals surface area contributed by atoms with Crippen LogP contribution in [0.4, 0.5) is 0 Å². The zero-order chi connectivity index (χ0) is 20.1. The second-order valence-electron chi connectivity index (χ2n) is 6.79. The Morgan fingerprint density at radius 2 is 1.86 bits per heavy atom. The molecule has 0 unspecified atom stereocenters. The second-order valence-corrected chi connectivity index (χ2v) is 8.21. The molecule has 0 atom stereocenters. The van der Waals surface area contributed by atoms with Gasteiger partial charge in [-0.05, 0) is 30.7 Å². The molecule has 0 amide bonds. The van der Waals surface area contributed by atoms with Gasteiger partial charge in [0.15, 0.2) is 5.43 Å². The van der Waals surface area contributed by atoms with Crippen molar-refractivity contribution in [3.05, 3.63) is 91.0 Å². The van der Waals surface area contributed by atoms with Gasteiger partial charge in [0.05, 0.1) is 10.2 Å². The first-order valence-electron chi connectivity index (χ1n) is 8.99. The number of para-hydroxylation sites is 1. The summed E-state index contributed by atoms with van der Waals surface area (Å²) in [5.74, 6) is 0. The topological polar surface area (TPSA) is 83.5 Å². The first kappa shape index (κ1) is 17.9.